The molecule has 2 nitrogen and oxygen atoms in total. The van der Waals surface area contributed by atoms with Crippen molar-refractivity contribution in [1.29, 1.82) is 0 Å². The van der Waals surface area contributed by atoms with Crippen LogP contribution in [0.4, 0.5) is 0 Å². The Hall–Kier alpha value is -1.77. The first-order valence-corrected chi connectivity index (χ1v) is 10.1. The number of halogens is 1. The van der Waals surface area contributed by atoms with Crippen LogP contribution in [0.2, 0.25) is 5.02 Å². The fourth-order valence-electron chi connectivity index (χ4n) is 5.12. The minimum atomic E-state index is 0.602. The van der Waals surface area contributed by atoms with Gasteiger partial charge in [0.1, 0.15) is 0 Å². The molecule has 0 unspecified atom stereocenters. The van der Waals surface area contributed by atoms with E-state index in [4.69, 9.17) is 11.6 Å². The maximum Gasteiger partial charge on any atom is 0.0486 e. The summed E-state index contributed by atoms with van der Waals surface area (Å²) in [7, 11) is 2.32. The number of benzene rings is 2. The molecule has 134 valence electrons. The van der Waals surface area contributed by atoms with E-state index in [1.165, 1.54) is 41.3 Å². The highest BCUT2D eigenvalue weighted by molar-refractivity contribution is 6.30. The van der Waals surface area contributed by atoms with E-state index in [1.54, 1.807) is 11.3 Å². The second kappa shape index (κ2) is 6.14. The molecule has 0 radical (unpaired) electrons. The molecule has 1 fully saturated rings. The Morgan fingerprint density at radius 1 is 1.08 bits per heavy atom. The summed E-state index contributed by atoms with van der Waals surface area (Å²) in [5, 5.41) is 2.29. The van der Waals surface area contributed by atoms with Gasteiger partial charge >= 0.3 is 0 Å². The van der Waals surface area contributed by atoms with Crippen LogP contribution < -0.4 is 0 Å². The smallest absolute Gasteiger partial charge is 0.0486 e. The van der Waals surface area contributed by atoms with Gasteiger partial charge < -0.3 is 4.57 Å². The van der Waals surface area contributed by atoms with Gasteiger partial charge in [-0.05, 0) is 68.6 Å². The lowest BCUT2D eigenvalue weighted by Crippen LogP contribution is -2.34. The van der Waals surface area contributed by atoms with Gasteiger partial charge in [0.15, 0.2) is 0 Å². The Morgan fingerprint density at radius 2 is 1.88 bits per heavy atom. The van der Waals surface area contributed by atoms with Gasteiger partial charge in [-0.15, -0.1) is 0 Å². The van der Waals surface area contributed by atoms with Crippen molar-refractivity contribution in [2.75, 3.05) is 7.05 Å². The number of hydrogen-bond acceptors (Lipinski definition) is 1. The van der Waals surface area contributed by atoms with Crippen molar-refractivity contribution in [1.82, 2.24) is 9.47 Å². The zero-order valence-corrected chi connectivity index (χ0v) is 16.3. The molecule has 2 bridgehead atoms. The molecule has 2 aliphatic heterocycles. The van der Waals surface area contributed by atoms with E-state index in [9.17, 15) is 0 Å². The second-order valence-corrected chi connectivity index (χ2v) is 8.46. The van der Waals surface area contributed by atoms with Gasteiger partial charge in [-0.1, -0.05) is 35.4 Å². The van der Waals surface area contributed by atoms with Crippen molar-refractivity contribution in [3.05, 3.63) is 69.9 Å². The fourth-order valence-corrected chi connectivity index (χ4v) is 5.24. The minimum Gasteiger partial charge on any atom is -0.344 e. The first-order valence-electron chi connectivity index (χ1n) is 9.70. The Morgan fingerprint density at radius 3 is 2.69 bits per heavy atom. The number of likely N-dealkylation sites (N-methyl/N-ethyl adjacent to an activating group) is 1. The third kappa shape index (κ3) is 2.51. The van der Waals surface area contributed by atoms with E-state index < -0.39 is 0 Å². The van der Waals surface area contributed by atoms with Gasteiger partial charge in [0.2, 0.25) is 0 Å². The van der Waals surface area contributed by atoms with E-state index in [2.05, 4.69) is 53.8 Å². The maximum absolute atomic E-state index is 6.04. The molecule has 3 heterocycles. The minimum absolute atomic E-state index is 0.602. The van der Waals surface area contributed by atoms with Crippen LogP contribution in [0, 0.1) is 6.92 Å². The molecular weight excluding hydrogens is 340 g/mol. The fraction of sp³-hybridized carbons (Fsp3) is 0.391. The third-order valence-electron chi connectivity index (χ3n) is 6.51. The summed E-state index contributed by atoms with van der Waals surface area (Å²) in [6, 6.07) is 16.6. The molecule has 2 atom stereocenters. The SMILES string of the molecule is Cc1ccc2c(c1)c1c(n2CCc2ccc(Cl)cc2)C[C@@H]2CC[C@H]1N2C. The van der Waals surface area contributed by atoms with Crippen LogP contribution >= 0.6 is 11.6 Å². The lowest BCUT2D eigenvalue weighted by Gasteiger charge is -2.32. The van der Waals surface area contributed by atoms with Crippen molar-refractivity contribution in [2.24, 2.45) is 0 Å². The van der Waals surface area contributed by atoms with Gasteiger partial charge in [0.25, 0.3) is 0 Å². The lowest BCUT2D eigenvalue weighted by molar-refractivity contribution is 0.222. The lowest BCUT2D eigenvalue weighted by atomic mass is 9.97. The van der Waals surface area contributed by atoms with E-state index >= 15 is 0 Å². The van der Waals surface area contributed by atoms with Crippen molar-refractivity contribution in [3.63, 3.8) is 0 Å². The molecule has 0 spiro atoms. The normalized spacial score (nSPS) is 22.1. The van der Waals surface area contributed by atoms with E-state index in [0.29, 0.717) is 12.1 Å². The first-order chi connectivity index (χ1) is 12.6. The maximum atomic E-state index is 6.04. The Labute approximate surface area is 160 Å². The van der Waals surface area contributed by atoms with Crippen molar-refractivity contribution < 1.29 is 0 Å². The molecular formula is C23H25ClN2. The Kier molecular flexibility index (Phi) is 3.88. The second-order valence-electron chi connectivity index (χ2n) is 8.03. The van der Waals surface area contributed by atoms with Crippen LogP contribution in [-0.2, 0) is 19.4 Å². The molecule has 5 rings (SSSR count). The van der Waals surface area contributed by atoms with Gasteiger partial charge in [0.05, 0.1) is 0 Å². The molecule has 3 heteroatoms. The highest BCUT2D eigenvalue weighted by Gasteiger charge is 2.40. The van der Waals surface area contributed by atoms with E-state index in [0.717, 1.165) is 18.0 Å². The van der Waals surface area contributed by atoms with Crippen molar-refractivity contribution >= 4 is 22.5 Å². The molecule has 26 heavy (non-hydrogen) atoms. The molecule has 3 aromatic rings. The predicted octanol–water partition coefficient (Wildman–Crippen LogP) is 5.54. The first kappa shape index (κ1) is 16.4. The molecule has 1 saturated heterocycles. The average molecular weight is 365 g/mol. The molecule has 2 aromatic carbocycles. The van der Waals surface area contributed by atoms with Gasteiger partial charge in [-0.25, -0.2) is 0 Å². The number of aryl methyl sites for hydroxylation is 3. The monoisotopic (exact) mass is 364 g/mol. The highest BCUT2D eigenvalue weighted by Crippen LogP contribution is 2.46. The summed E-state index contributed by atoms with van der Waals surface area (Å²) in [4.78, 5) is 2.62. The molecule has 0 amide bonds. The number of rotatable bonds is 3. The van der Waals surface area contributed by atoms with Crippen LogP contribution in [0.3, 0.4) is 0 Å². The largest absolute Gasteiger partial charge is 0.344 e. The van der Waals surface area contributed by atoms with E-state index in [-0.39, 0.29) is 0 Å². The summed E-state index contributed by atoms with van der Waals surface area (Å²) in [5.74, 6) is 0. The number of fused-ring (bicyclic) bond motifs is 6. The van der Waals surface area contributed by atoms with Crippen molar-refractivity contribution in [2.45, 2.75) is 51.2 Å². The summed E-state index contributed by atoms with van der Waals surface area (Å²) in [6.45, 7) is 3.25. The molecule has 1 aromatic heterocycles. The van der Waals surface area contributed by atoms with E-state index in [1.807, 2.05) is 12.1 Å². The number of aromatic nitrogens is 1. The van der Waals surface area contributed by atoms with Gasteiger partial charge in [-0.3, -0.25) is 4.90 Å². The van der Waals surface area contributed by atoms with Crippen LogP contribution in [-0.4, -0.2) is 22.6 Å². The Balaban J connectivity index is 1.59. The van der Waals surface area contributed by atoms with Crippen LogP contribution in [0.5, 0.6) is 0 Å². The van der Waals surface area contributed by atoms with Crippen LogP contribution in [0.1, 0.15) is 41.3 Å². The zero-order valence-electron chi connectivity index (χ0n) is 15.5. The average Bonchev–Trinajstić information content (AvgIpc) is 3.04. The number of nitrogens with zero attached hydrogens (tertiary/aromatic N) is 2. The van der Waals surface area contributed by atoms with Crippen molar-refractivity contribution in [3.8, 4) is 0 Å². The molecule has 0 N–H and O–H groups in total. The topological polar surface area (TPSA) is 8.17 Å². The molecule has 0 aliphatic carbocycles. The van der Waals surface area contributed by atoms with Gasteiger partial charge in [0, 0.05) is 46.7 Å². The quantitative estimate of drug-likeness (QED) is 0.592. The standard InChI is InChI=1S/C23H25ClN2/c1-15-3-9-20-19(13-15)23-21-10-8-18(25(21)2)14-22(23)26(20)12-11-16-4-6-17(24)7-5-16/h3-7,9,13,18,21H,8,10-12,14H2,1-2H3/t18-,21+/m0/s1. The molecule has 0 saturated carbocycles. The van der Waals surface area contributed by atoms with Gasteiger partial charge in [-0.2, -0.15) is 0 Å². The summed E-state index contributed by atoms with van der Waals surface area (Å²) in [5.41, 5.74) is 7.32. The van der Waals surface area contributed by atoms with Crippen LogP contribution in [0.25, 0.3) is 10.9 Å². The Bertz CT molecular complexity index is 970. The van der Waals surface area contributed by atoms with Crippen LogP contribution in [0.15, 0.2) is 42.5 Å². The summed E-state index contributed by atoms with van der Waals surface area (Å²) < 4.78 is 2.61. The molecule has 2 aliphatic rings. The highest BCUT2D eigenvalue weighted by atomic mass is 35.5. The third-order valence-corrected chi connectivity index (χ3v) is 6.76. The summed E-state index contributed by atoms with van der Waals surface area (Å²) in [6.07, 6.45) is 4.88. The predicted molar refractivity (Wildman–Crippen MR) is 109 cm³/mol. The zero-order chi connectivity index (χ0) is 17.8. The number of hydrogen-bond donors (Lipinski definition) is 0. The summed E-state index contributed by atoms with van der Waals surface area (Å²) >= 11 is 6.04.